The molecule has 3 nitrogen and oxygen atoms in total. The predicted octanol–water partition coefficient (Wildman–Crippen LogP) is 1.67. The van der Waals surface area contributed by atoms with E-state index in [1.807, 2.05) is 0 Å². The number of hydrogen-bond acceptors (Lipinski definition) is 2. The van der Waals surface area contributed by atoms with Crippen LogP contribution in [0.2, 0.25) is 0 Å². The van der Waals surface area contributed by atoms with Crippen LogP contribution in [0.1, 0.15) is 29.5 Å². The van der Waals surface area contributed by atoms with Gasteiger partial charge in [-0.05, 0) is 43.4 Å². The van der Waals surface area contributed by atoms with Crippen molar-refractivity contribution in [2.45, 2.75) is 39.3 Å². The summed E-state index contributed by atoms with van der Waals surface area (Å²) in [5.41, 5.74) is 3.90. The van der Waals surface area contributed by atoms with E-state index in [1.54, 1.807) is 0 Å². The maximum Gasteiger partial charge on any atom is 0.237 e. The number of rotatable bonds is 3. The number of hydrogen-bond donors (Lipinski definition) is 2. The van der Waals surface area contributed by atoms with E-state index in [-0.39, 0.29) is 11.9 Å². The summed E-state index contributed by atoms with van der Waals surface area (Å²) in [6.45, 7) is 5.84. The Morgan fingerprint density at radius 3 is 3.00 bits per heavy atom. The molecule has 0 aromatic heterocycles. The third kappa shape index (κ3) is 2.86. The Morgan fingerprint density at radius 2 is 2.24 bits per heavy atom. The van der Waals surface area contributed by atoms with Crippen molar-refractivity contribution in [2.75, 3.05) is 6.54 Å². The Kier molecular flexibility index (Phi) is 3.79. The van der Waals surface area contributed by atoms with Gasteiger partial charge in [0.1, 0.15) is 0 Å². The van der Waals surface area contributed by atoms with Crippen LogP contribution in [0.5, 0.6) is 0 Å². The van der Waals surface area contributed by atoms with E-state index in [2.05, 4.69) is 42.7 Å². The summed E-state index contributed by atoms with van der Waals surface area (Å²) in [7, 11) is 0. The number of amides is 1. The smallest absolute Gasteiger partial charge is 0.237 e. The first-order valence-corrected chi connectivity index (χ1v) is 6.24. The molecule has 3 heteroatoms. The molecule has 0 radical (unpaired) electrons. The second-order valence-electron chi connectivity index (χ2n) is 4.73. The molecule has 2 rings (SSSR count). The Labute approximate surface area is 103 Å². The number of carbonyl (C=O) groups is 1. The van der Waals surface area contributed by atoms with E-state index < -0.39 is 0 Å². The van der Waals surface area contributed by atoms with E-state index in [0.717, 1.165) is 25.9 Å². The van der Waals surface area contributed by atoms with Gasteiger partial charge in [-0.15, -0.1) is 0 Å². The van der Waals surface area contributed by atoms with Crippen LogP contribution < -0.4 is 10.6 Å². The molecule has 1 aromatic rings. The summed E-state index contributed by atoms with van der Waals surface area (Å²) >= 11 is 0. The topological polar surface area (TPSA) is 41.1 Å². The van der Waals surface area contributed by atoms with Gasteiger partial charge in [0.25, 0.3) is 0 Å². The van der Waals surface area contributed by atoms with Gasteiger partial charge in [0.2, 0.25) is 5.91 Å². The molecule has 0 saturated carbocycles. The number of benzene rings is 1. The summed E-state index contributed by atoms with van der Waals surface area (Å²) in [5, 5.41) is 6.24. The summed E-state index contributed by atoms with van der Waals surface area (Å²) in [5.74, 6) is 0.140. The first kappa shape index (κ1) is 12.1. The Hall–Kier alpha value is -1.35. The lowest BCUT2D eigenvalue weighted by Crippen LogP contribution is -2.47. The van der Waals surface area contributed by atoms with Gasteiger partial charge in [0.15, 0.2) is 0 Å². The van der Waals surface area contributed by atoms with Crippen LogP contribution in [0.25, 0.3) is 0 Å². The summed E-state index contributed by atoms with van der Waals surface area (Å²) in [6, 6.07) is 6.28. The number of carbonyl (C=O) groups excluding carboxylic acids is 1. The number of nitrogens with one attached hydrogen (secondary N) is 2. The molecule has 1 heterocycles. The van der Waals surface area contributed by atoms with E-state index in [1.165, 1.54) is 16.7 Å². The molecule has 1 unspecified atom stereocenters. The lowest BCUT2D eigenvalue weighted by Gasteiger charge is -2.23. The first-order chi connectivity index (χ1) is 8.18. The zero-order valence-electron chi connectivity index (χ0n) is 10.5. The standard InChI is InChI=1S/C14H20N2O/c1-10-5-3-6-12(11(10)2)9-16-13-7-4-8-15-14(13)17/h3,5-6,13,16H,4,7-9H2,1-2H3,(H,15,17). The minimum Gasteiger partial charge on any atom is -0.355 e. The molecule has 1 atom stereocenters. The highest BCUT2D eigenvalue weighted by atomic mass is 16.2. The molecule has 1 fully saturated rings. The lowest BCUT2D eigenvalue weighted by molar-refractivity contribution is -0.124. The third-order valence-corrected chi connectivity index (χ3v) is 3.54. The van der Waals surface area contributed by atoms with Crippen LogP contribution in [-0.4, -0.2) is 18.5 Å². The maximum atomic E-state index is 11.6. The zero-order chi connectivity index (χ0) is 12.3. The van der Waals surface area contributed by atoms with Crippen molar-refractivity contribution in [3.63, 3.8) is 0 Å². The van der Waals surface area contributed by atoms with Crippen molar-refractivity contribution < 1.29 is 4.79 Å². The summed E-state index contributed by atoms with van der Waals surface area (Å²) < 4.78 is 0. The van der Waals surface area contributed by atoms with Crippen molar-refractivity contribution in [1.82, 2.24) is 10.6 Å². The molecule has 1 amide bonds. The van der Waals surface area contributed by atoms with Crippen LogP contribution in [0, 0.1) is 13.8 Å². The van der Waals surface area contributed by atoms with E-state index in [9.17, 15) is 4.79 Å². The van der Waals surface area contributed by atoms with Crippen LogP contribution in [0.15, 0.2) is 18.2 Å². The minimum atomic E-state index is -0.0244. The molecule has 0 aliphatic carbocycles. The van der Waals surface area contributed by atoms with Gasteiger partial charge in [-0.25, -0.2) is 0 Å². The largest absolute Gasteiger partial charge is 0.355 e. The van der Waals surface area contributed by atoms with Crippen molar-refractivity contribution in [2.24, 2.45) is 0 Å². The second-order valence-corrected chi connectivity index (χ2v) is 4.73. The molecule has 0 spiro atoms. The van der Waals surface area contributed by atoms with Gasteiger partial charge in [0.05, 0.1) is 6.04 Å². The molecule has 17 heavy (non-hydrogen) atoms. The monoisotopic (exact) mass is 232 g/mol. The number of piperidine rings is 1. The van der Waals surface area contributed by atoms with E-state index >= 15 is 0 Å². The molecule has 2 N–H and O–H groups in total. The average molecular weight is 232 g/mol. The fraction of sp³-hybridized carbons (Fsp3) is 0.500. The molecule has 92 valence electrons. The maximum absolute atomic E-state index is 11.6. The molecular formula is C14H20N2O. The Balaban J connectivity index is 1.97. The number of aryl methyl sites for hydroxylation is 1. The quantitative estimate of drug-likeness (QED) is 0.832. The van der Waals surface area contributed by atoms with Crippen LogP contribution in [-0.2, 0) is 11.3 Å². The van der Waals surface area contributed by atoms with Crippen molar-refractivity contribution >= 4 is 5.91 Å². The predicted molar refractivity (Wildman–Crippen MR) is 68.8 cm³/mol. The molecule has 1 aromatic carbocycles. The lowest BCUT2D eigenvalue weighted by atomic mass is 10.0. The van der Waals surface area contributed by atoms with Crippen molar-refractivity contribution in [1.29, 1.82) is 0 Å². The van der Waals surface area contributed by atoms with Gasteiger partial charge >= 0.3 is 0 Å². The molecule has 1 saturated heterocycles. The first-order valence-electron chi connectivity index (χ1n) is 6.24. The normalized spacial score (nSPS) is 20.1. The van der Waals surface area contributed by atoms with Gasteiger partial charge in [-0.3, -0.25) is 4.79 Å². The fourth-order valence-electron chi connectivity index (χ4n) is 2.20. The highest BCUT2D eigenvalue weighted by Crippen LogP contribution is 2.13. The van der Waals surface area contributed by atoms with Gasteiger partial charge < -0.3 is 10.6 Å². The Morgan fingerprint density at radius 1 is 1.41 bits per heavy atom. The highest BCUT2D eigenvalue weighted by Gasteiger charge is 2.21. The third-order valence-electron chi connectivity index (χ3n) is 3.54. The molecule has 0 bridgehead atoms. The van der Waals surface area contributed by atoms with Gasteiger partial charge in [-0.1, -0.05) is 18.2 Å². The van der Waals surface area contributed by atoms with E-state index in [4.69, 9.17) is 0 Å². The highest BCUT2D eigenvalue weighted by molar-refractivity contribution is 5.82. The summed E-state index contributed by atoms with van der Waals surface area (Å²) in [6.07, 6.45) is 2.01. The molecule has 1 aliphatic rings. The summed E-state index contributed by atoms with van der Waals surface area (Å²) in [4.78, 5) is 11.6. The molecule has 1 aliphatic heterocycles. The van der Waals surface area contributed by atoms with Crippen LogP contribution in [0.3, 0.4) is 0 Å². The van der Waals surface area contributed by atoms with Gasteiger partial charge in [0, 0.05) is 13.1 Å². The second kappa shape index (κ2) is 5.32. The van der Waals surface area contributed by atoms with Gasteiger partial charge in [-0.2, -0.15) is 0 Å². The van der Waals surface area contributed by atoms with Crippen molar-refractivity contribution in [3.05, 3.63) is 34.9 Å². The van der Waals surface area contributed by atoms with Crippen molar-refractivity contribution in [3.8, 4) is 0 Å². The van der Waals surface area contributed by atoms with Crippen LogP contribution >= 0.6 is 0 Å². The minimum absolute atomic E-state index is 0.0244. The molecular weight excluding hydrogens is 212 g/mol. The zero-order valence-corrected chi connectivity index (χ0v) is 10.5. The fourth-order valence-corrected chi connectivity index (χ4v) is 2.20. The Bertz CT molecular complexity index is 415. The SMILES string of the molecule is Cc1cccc(CNC2CCCNC2=O)c1C. The van der Waals surface area contributed by atoms with Crippen LogP contribution in [0.4, 0.5) is 0 Å². The van der Waals surface area contributed by atoms with E-state index in [0.29, 0.717) is 0 Å². The average Bonchev–Trinajstić information content (AvgIpc) is 2.33.